The van der Waals surface area contributed by atoms with Gasteiger partial charge in [-0.2, -0.15) is 18.3 Å². The molecule has 0 atom stereocenters. The minimum absolute atomic E-state index is 0.00984. The van der Waals surface area contributed by atoms with Crippen LogP contribution in [0.1, 0.15) is 11.1 Å². The van der Waals surface area contributed by atoms with Gasteiger partial charge in [0.2, 0.25) is 6.79 Å². The number of urea groups is 1. The van der Waals surface area contributed by atoms with Gasteiger partial charge in [-0.25, -0.2) is 14.5 Å². The second kappa shape index (κ2) is 7.34. The van der Waals surface area contributed by atoms with Gasteiger partial charge >= 0.3 is 12.2 Å². The molecule has 0 aliphatic carbocycles. The molecule has 0 bridgehead atoms. The van der Waals surface area contributed by atoms with E-state index in [-0.39, 0.29) is 24.7 Å². The number of carbonyl (C=O) groups is 1. The fraction of sp³-hybridized carbons (Fsp3) is 0.167. The number of hydrogen-bond acceptors (Lipinski definition) is 5. The van der Waals surface area contributed by atoms with E-state index in [4.69, 9.17) is 9.47 Å². The summed E-state index contributed by atoms with van der Waals surface area (Å²) in [6.45, 7) is 0.296. The molecule has 0 saturated heterocycles. The quantitative estimate of drug-likeness (QED) is 0.695. The van der Waals surface area contributed by atoms with E-state index in [1.165, 1.54) is 12.1 Å². The highest BCUT2D eigenvalue weighted by molar-refractivity contribution is 5.89. The zero-order valence-corrected chi connectivity index (χ0v) is 14.7. The Labute approximate surface area is 162 Å². The van der Waals surface area contributed by atoms with Gasteiger partial charge in [-0.3, -0.25) is 0 Å². The first kappa shape index (κ1) is 18.6. The van der Waals surface area contributed by atoms with Crippen molar-refractivity contribution in [3.63, 3.8) is 0 Å². The Balaban J connectivity index is 1.45. The van der Waals surface area contributed by atoms with Gasteiger partial charge in [-0.15, -0.1) is 0 Å². The van der Waals surface area contributed by atoms with E-state index in [0.29, 0.717) is 11.5 Å². The Bertz CT molecular complexity index is 1040. The zero-order chi connectivity index (χ0) is 20.4. The number of aromatic nitrogens is 3. The number of halogens is 3. The molecule has 2 aromatic carbocycles. The van der Waals surface area contributed by atoms with Gasteiger partial charge in [0, 0.05) is 12.2 Å². The van der Waals surface area contributed by atoms with E-state index >= 15 is 0 Å². The largest absolute Gasteiger partial charge is 0.454 e. The van der Waals surface area contributed by atoms with Crippen LogP contribution in [0, 0.1) is 0 Å². The number of ether oxygens (including phenoxy) is 2. The molecule has 2 amide bonds. The first-order valence-electron chi connectivity index (χ1n) is 8.40. The van der Waals surface area contributed by atoms with Crippen LogP contribution in [-0.2, 0) is 12.7 Å². The van der Waals surface area contributed by atoms with Crippen molar-refractivity contribution in [3.8, 4) is 17.2 Å². The maximum atomic E-state index is 13.4. The summed E-state index contributed by atoms with van der Waals surface area (Å²) in [6, 6.07) is 7.95. The highest BCUT2D eigenvalue weighted by Gasteiger charge is 2.34. The molecule has 29 heavy (non-hydrogen) atoms. The van der Waals surface area contributed by atoms with Crippen molar-refractivity contribution in [1.29, 1.82) is 0 Å². The van der Waals surface area contributed by atoms with Crippen molar-refractivity contribution in [2.45, 2.75) is 12.7 Å². The number of carbonyl (C=O) groups excluding carboxylic acids is 1. The lowest BCUT2D eigenvalue weighted by Gasteiger charge is -2.15. The third-order valence-corrected chi connectivity index (χ3v) is 4.12. The molecule has 3 aromatic rings. The maximum Gasteiger partial charge on any atom is 0.418 e. The minimum Gasteiger partial charge on any atom is -0.454 e. The predicted octanol–water partition coefficient (Wildman–Crippen LogP) is 3.34. The summed E-state index contributed by atoms with van der Waals surface area (Å²) in [7, 11) is 0. The van der Waals surface area contributed by atoms with Gasteiger partial charge in [-0.05, 0) is 35.9 Å². The molecule has 1 aliphatic heterocycles. The zero-order valence-electron chi connectivity index (χ0n) is 14.7. The van der Waals surface area contributed by atoms with Crippen LogP contribution in [0.3, 0.4) is 0 Å². The van der Waals surface area contributed by atoms with Gasteiger partial charge in [0.1, 0.15) is 12.7 Å². The molecule has 4 rings (SSSR count). The first-order chi connectivity index (χ1) is 13.9. The van der Waals surface area contributed by atoms with Crippen molar-refractivity contribution in [1.82, 2.24) is 20.1 Å². The second-order valence-electron chi connectivity index (χ2n) is 6.07. The molecule has 11 heteroatoms. The standard InChI is InChI=1S/C18H14F3N5O3/c19-18(20,21)13-6-12(2-3-14(13)26-9-22-8-24-26)25-17(27)23-7-11-1-4-15-16(5-11)29-10-28-15/h1-6,8-9H,7,10H2,(H2,23,25,27). The number of amides is 2. The first-order valence-corrected chi connectivity index (χ1v) is 8.40. The van der Waals surface area contributed by atoms with Gasteiger partial charge in [0.15, 0.2) is 11.5 Å². The van der Waals surface area contributed by atoms with Crippen molar-refractivity contribution < 1.29 is 27.4 Å². The molecule has 2 N–H and O–H groups in total. The summed E-state index contributed by atoms with van der Waals surface area (Å²) in [5.41, 5.74) is -0.399. The Hall–Kier alpha value is -3.76. The molecular weight excluding hydrogens is 391 g/mol. The van der Waals surface area contributed by atoms with Crippen LogP contribution in [-0.4, -0.2) is 27.6 Å². The average molecular weight is 405 g/mol. The minimum atomic E-state index is -4.64. The van der Waals surface area contributed by atoms with Crippen LogP contribution >= 0.6 is 0 Å². The number of benzene rings is 2. The SMILES string of the molecule is O=C(NCc1ccc2c(c1)OCO2)Nc1ccc(-n2cncn2)c(C(F)(F)F)c1. The maximum absolute atomic E-state index is 13.4. The van der Waals surface area contributed by atoms with Crippen LogP contribution in [0.4, 0.5) is 23.7 Å². The van der Waals surface area contributed by atoms with Crippen molar-refractivity contribution >= 4 is 11.7 Å². The topological polar surface area (TPSA) is 90.3 Å². The van der Waals surface area contributed by atoms with Crippen molar-refractivity contribution in [2.24, 2.45) is 0 Å². The molecule has 0 radical (unpaired) electrons. The molecule has 0 saturated carbocycles. The highest BCUT2D eigenvalue weighted by atomic mass is 19.4. The van der Waals surface area contributed by atoms with Gasteiger partial charge in [-0.1, -0.05) is 6.07 Å². The third-order valence-electron chi connectivity index (χ3n) is 4.12. The number of nitrogens with zero attached hydrogens (tertiary/aromatic N) is 3. The lowest BCUT2D eigenvalue weighted by atomic mass is 10.1. The van der Waals surface area contributed by atoms with E-state index in [2.05, 4.69) is 20.7 Å². The second-order valence-corrected chi connectivity index (χ2v) is 6.07. The lowest BCUT2D eigenvalue weighted by Crippen LogP contribution is -2.28. The van der Waals surface area contributed by atoms with Crippen LogP contribution in [0.2, 0.25) is 0 Å². The number of fused-ring (bicyclic) bond motifs is 1. The smallest absolute Gasteiger partial charge is 0.418 e. The summed E-state index contributed by atoms with van der Waals surface area (Å²) in [4.78, 5) is 15.8. The van der Waals surface area contributed by atoms with Crippen LogP contribution < -0.4 is 20.1 Å². The molecule has 150 valence electrons. The molecule has 0 spiro atoms. The van der Waals surface area contributed by atoms with Crippen LogP contribution in [0.15, 0.2) is 49.1 Å². The number of rotatable bonds is 4. The summed E-state index contributed by atoms with van der Waals surface area (Å²) in [5.74, 6) is 1.19. The summed E-state index contributed by atoms with van der Waals surface area (Å²) in [5, 5.41) is 8.71. The molecule has 1 aliphatic rings. The van der Waals surface area contributed by atoms with Crippen molar-refractivity contribution in [2.75, 3.05) is 12.1 Å². The third kappa shape index (κ3) is 4.08. The normalized spacial score (nSPS) is 12.7. The molecule has 0 fully saturated rings. The fourth-order valence-corrected chi connectivity index (χ4v) is 2.78. The monoisotopic (exact) mass is 405 g/mol. The molecule has 0 unspecified atom stereocenters. The van der Waals surface area contributed by atoms with Crippen LogP contribution in [0.25, 0.3) is 5.69 Å². The lowest BCUT2D eigenvalue weighted by molar-refractivity contribution is -0.137. The summed E-state index contributed by atoms with van der Waals surface area (Å²) >= 11 is 0. The van der Waals surface area contributed by atoms with Gasteiger partial charge in [0.25, 0.3) is 0 Å². The Kier molecular flexibility index (Phi) is 4.71. The van der Waals surface area contributed by atoms with Gasteiger partial charge in [0.05, 0.1) is 11.3 Å². The Morgan fingerprint density at radius 3 is 2.72 bits per heavy atom. The predicted molar refractivity (Wildman–Crippen MR) is 94.8 cm³/mol. The van der Waals surface area contributed by atoms with E-state index < -0.39 is 17.8 Å². The molecule has 1 aromatic heterocycles. The van der Waals surface area contributed by atoms with Gasteiger partial charge < -0.3 is 20.1 Å². The number of alkyl halides is 3. The van der Waals surface area contributed by atoms with Crippen molar-refractivity contribution in [3.05, 3.63) is 60.2 Å². The summed E-state index contributed by atoms with van der Waals surface area (Å²) < 4.78 is 51.7. The highest BCUT2D eigenvalue weighted by Crippen LogP contribution is 2.35. The fourth-order valence-electron chi connectivity index (χ4n) is 2.78. The Morgan fingerprint density at radius 1 is 1.14 bits per heavy atom. The number of nitrogens with one attached hydrogen (secondary N) is 2. The summed E-state index contributed by atoms with van der Waals surface area (Å²) in [6.07, 6.45) is -2.34. The number of anilines is 1. The van der Waals surface area contributed by atoms with E-state index in [1.807, 2.05) is 0 Å². The van der Waals surface area contributed by atoms with E-state index in [9.17, 15) is 18.0 Å². The molecular formula is C18H14F3N5O3. The van der Waals surface area contributed by atoms with E-state index in [0.717, 1.165) is 29.0 Å². The molecule has 2 heterocycles. The average Bonchev–Trinajstić information content (AvgIpc) is 3.37. The number of hydrogen-bond donors (Lipinski definition) is 2. The van der Waals surface area contributed by atoms with E-state index in [1.54, 1.807) is 18.2 Å². The van der Waals surface area contributed by atoms with Crippen LogP contribution in [0.5, 0.6) is 11.5 Å². The Morgan fingerprint density at radius 2 is 1.97 bits per heavy atom. The molecule has 8 nitrogen and oxygen atoms in total.